The second kappa shape index (κ2) is 11.6. The number of unbranched alkanes of at least 4 members (excludes halogenated alkanes) is 1. The molecule has 2 bridgehead atoms. The van der Waals surface area contributed by atoms with Crippen LogP contribution in [0, 0.1) is 11.8 Å². The van der Waals surface area contributed by atoms with Crippen molar-refractivity contribution in [1.29, 1.82) is 0 Å². The summed E-state index contributed by atoms with van der Waals surface area (Å²) in [5.41, 5.74) is -1.14. The summed E-state index contributed by atoms with van der Waals surface area (Å²) in [4.78, 5) is 45.4. The van der Waals surface area contributed by atoms with Crippen LogP contribution in [0.4, 0.5) is 0 Å². The van der Waals surface area contributed by atoms with Crippen LogP contribution in [-0.4, -0.2) is 81.8 Å². The van der Waals surface area contributed by atoms with Crippen LogP contribution >= 0.6 is 0 Å². The highest BCUT2D eigenvalue weighted by molar-refractivity contribution is 5.98. The molecule has 8 heteroatoms. The van der Waals surface area contributed by atoms with E-state index < -0.39 is 41.1 Å². The second-order valence-corrected chi connectivity index (χ2v) is 11.5. The van der Waals surface area contributed by atoms with Gasteiger partial charge in [0.25, 0.3) is 0 Å². The fourth-order valence-electron chi connectivity index (χ4n) is 6.87. The lowest BCUT2D eigenvalue weighted by atomic mass is 9.66. The number of ether oxygens (including phenoxy) is 2. The Hall–Kier alpha value is -2.97. The molecular formula is C31H42N2O6. The van der Waals surface area contributed by atoms with E-state index in [0.717, 1.165) is 5.56 Å². The lowest BCUT2D eigenvalue weighted by Crippen LogP contribution is -2.60. The standard InChI is InChI=1S/C31H42N2O6/c1-6-8-12-18-38-29(37)25-24-27(35)33(23(20-34)19-22-13-10-9-11-14-22)26(28(36)32(17-7-2)21(3)4)31(24)16-15-30(25,5)39-31/h6-7,9-11,13-14,21,23-26,34H,1-2,8,12,15-20H2,3-5H3/t23-,24+,25+,26?,30-,31?/m1/s1. The summed E-state index contributed by atoms with van der Waals surface area (Å²) >= 11 is 0. The van der Waals surface area contributed by atoms with Crippen molar-refractivity contribution in [2.45, 2.75) is 82.2 Å². The molecule has 3 aliphatic rings. The van der Waals surface area contributed by atoms with Gasteiger partial charge in [-0.1, -0.05) is 42.5 Å². The van der Waals surface area contributed by atoms with E-state index in [1.807, 2.05) is 51.1 Å². The average molecular weight is 539 g/mol. The van der Waals surface area contributed by atoms with Crippen molar-refractivity contribution in [2.24, 2.45) is 11.8 Å². The Labute approximate surface area is 231 Å². The van der Waals surface area contributed by atoms with Gasteiger partial charge in [-0.15, -0.1) is 13.2 Å². The van der Waals surface area contributed by atoms with Crippen molar-refractivity contribution < 1.29 is 29.0 Å². The molecule has 1 aromatic carbocycles. The minimum atomic E-state index is -1.17. The van der Waals surface area contributed by atoms with Crippen LogP contribution in [0.2, 0.25) is 0 Å². The first kappa shape index (κ1) is 29.0. The minimum absolute atomic E-state index is 0.149. The summed E-state index contributed by atoms with van der Waals surface area (Å²) in [5, 5.41) is 10.6. The third-order valence-corrected chi connectivity index (χ3v) is 8.65. The molecule has 1 aromatic rings. The van der Waals surface area contributed by atoms with Crippen molar-refractivity contribution in [3.63, 3.8) is 0 Å². The summed E-state index contributed by atoms with van der Waals surface area (Å²) in [6.45, 7) is 13.4. The molecule has 0 radical (unpaired) electrons. The molecule has 3 fully saturated rings. The Morgan fingerprint density at radius 3 is 2.56 bits per heavy atom. The largest absolute Gasteiger partial charge is 0.465 e. The van der Waals surface area contributed by atoms with Crippen LogP contribution in [0.1, 0.15) is 52.0 Å². The molecule has 4 rings (SSSR count). The molecule has 1 N–H and O–H groups in total. The number of hydrogen-bond donors (Lipinski definition) is 1. The van der Waals surface area contributed by atoms with E-state index in [1.54, 1.807) is 17.1 Å². The molecule has 212 valence electrons. The Bertz CT molecular complexity index is 1090. The van der Waals surface area contributed by atoms with Gasteiger partial charge in [0.2, 0.25) is 11.8 Å². The number of amides is 2. The highest BCUT2D eigenvalue weighted by Crippen LogP contribution is 2.63. The van der Waals surface area contributed by atoms with E-state index in [-0.39, 0.29) is 31.1 Å². The number of benzene rings is 1. The van der Waals surface area contributed by atoms with Gasteiger partial charge in [0.1, 0.15) is 17.6 Å². The van der Waals surface area contributed by atoms with Gasteiger partial charge in [0.15, 0.2) is 0 Å². The smallest absolute Gasteiger partial charge is 0.312 e. The van der Waals surface area contributed by atoms with E-state index in [0.29, 0.717) is 38.6 Å². The number of aliphatic hydroxyl groups excluding tert-OH is 1. The molecule has 2 unspecified atom stereocenters. The molecule has 3 saturated heterocycles. The first-order chi connectivity index (χ1) is 18.6. The molecule has 6 atom stereocenters. The quantitative estimate of drug-likeness (QED) is 0.235. The van der Waals surface area contributed by atoms with Crippen molar-refractivity contribution in [3.05, 3.63) is 61.2 Å². The zero-order valence-electron chi connectivity index (χ0n) is 23.4. The van der Waals surface area contributed by atoms with Crippen molar-refractivity contribution in [3.8, 4) is 0 Å². The Balaban J connectivity index is 1.76. The van der Waals surface area contributed by atoms with Crippen LogP contribution in [0.15, 0.2) is 55.6 Å². The first-order valence-corrected chi connectivity index (χ1v) is 14.0. The van der Waals surface area contributed by atoms with Gasteiger partial charge in [-0.3, -0.25) is 14.4 Å². The second-order valence-electron chi connectivity index (χ2n) is 11.5. The summed E-state index contributed by atoms with van der Waals surface area (Å²) in [6.07, 6.45) is 6.17. The van der Waals surface area contributed by atoms with Crippen LogP contribution in [0.3, 0.4) is 0 Å². The van der Waals surface area contributed by atoms with Gasteiger partial charge in [-0.05, 0) is 58.4 Å². The Morgan fingerprint density at radius 1 is 1.23 bits per heavy atom. The number of likely N-dealkylation sites (tertiary alicyclic amines) is 1. The van der Waals surface area contributed by atoms with Crippen molar-refractivity contribution >= 4 is 17.8 Å². The van der Waals surface area contributed by atoms with E-state index in [9.17, 15) is 19.5 Å². The minimum Gasteiger partial charge on any atom is -0.465 e. The predicted molar refractivity (Wildman–Crippen MR) is 148 cm³/mol. The van der Waals surface area contributed by atoms with Gasteiger partial charge < -0.3 is 24.4 Å². The Kier molecular flexibility index (Phi) is 8.66. The van der Waals surface area contributed by atoms with Gasteiger partial charge in [-0.2, -0.15) is 0 Å². The molecule has 2 amide bonds. The maximum Gasteiger partial charge on any atom is 0.312 e. The molecule has 39 heavy (non-hydrogen) atoms. The fraction of sp³-hybridized carbons (Fsp3) is 0.581. The van der Waals surface area contributed by atoms with Crippen molar-refractivity contribution in [1.82, 2.24) is 9.80 Å². The highest BCUT2D eigenvalue weighted by atomic mass is 16.6. The monoisotopic (exact) mass is 538 g/mol. The van der Waals surface area contributed by atoms with Crippen LogP contribution in [0.25, 0.3) is 0 Å². The third kappa shape index (κ3) is 5.05. The summed E-state index contributed by atoms with van der Waals surface area (Å²) in [6, 6.07) is 7.80. The number of esters is 1. The molecule has 8 nitrogen and oxygen atoms in total. The lowest BCUT2D eigenvalue weighted by Gasteiger charge is -2.40. The first-order valence-electron chi connectivity index (χ1n) is 14.0. The zero-order chi connectivity index (χ0) is 28.4. The average Bonchev–Trinajstić information content (AvgIpc) is 3.49. The normalized spacial score (nSPS) is 29.8. The fourth-order valence-corrected chi connectivity index (χ4v) is 6.87. The maximum atomic E-state index is 14.4. The van der Waals surface area contributed by atoms with Crippen LogP contribution in [0.5, 0.6) is 0 Å². The topological polar surface area (TPSA) is 96.4 Å². The SMILES string of the molecule is C=CCCCOC(=O)[C@@H]1[C@H]2C(=O)N([C@@H](CO)Cc3ccccc3)C(C(=O)N(CC=C)C(C)C)C23CC[C@@]1(C)O3. The number of rotatable bonds is 13. The number of aliphatic hydroxyl groups is 1. The summed E-state index contributed by atoms with van der Waals surface area (Å²) < 4.78 is 12.3. The number of carbonyl (C=O) groups excluding carboxylic acids is 3. The van der Waals surface area contributed by atoms with E-state index in [2.05, 4.69) is 13.2 Å². The zero-order valence-corrected chi connectivity index (χ0v) is 23.4. The molecule has 0 aromatic heterocycles. The molecular weight excluding hydrogens is 496 g/mol. The van der Waals surface area contributed by atoms with Crippen LogP contribution in [-0.2, 0) is 30.3 Å². The molecule has 0 aliphatic carbocycles. The predicted octanol–water partition coefficient (Wildman–Crippen LogP) is 3.29. The third-order valence-electron chi connectivity index (χ3n) is 8.65. The molecule has 3 heterocycles. The number of allylic oxidation sites excluding steroid dienone is 1. The molecule has 3 aliphatic heterocycles. The van der Waals surface area contributed by atoms with E-state index >= 15 is 0 Å². The van der Waals surface area contributed by atoms with E-state index in [1.165, 1.54) is 4.90 Å². The number of fused-ring (bicyclic) bond motifs is 1. The van der Waals surface area contributed by atoms with Gasteiger partial charge in [0.05, 0.1) is 30.8 Å². The Morgan fingerprint density at radius 2 is 1.95 bits per heavy atom. The highest BCUT2D eigenvalue weighted by Gasteiger charge is 2.79. The summed E-state index contributed by atoms with van der Waals surface area (Å²) in [7, 11) is 0. The summed E-state index contributed by atoms with van der Waals surface area (Å²) in [5.74, 6) is -2.74. The van der Waals surface area contributed by atoms with Crippen LogP contribution < -0.4 is 0 Å². The van der Waals surface area contributed by atoms with Gasteiger partial charge in [-0.25, -0.2) is 0 Å². The molecule has 1 spiro atoms. The van der Waals surface area contributed by atoms with Gasteiger partial charge in [0, 0.05) is 12.6 Å². The van der Waals surface area contributed by atoms with Crippen molar-refractivity contribution in [2.75, 3.05) is 19.8 Å². The number of hydrogen-bond acceptors (Lipinski definition) is 6. The lowest BCUT2D eigenvalue weighted by molar-refractivity contribution is -0.162. The molecule has 0 saturated carbocycles. The maximum absolute atomic E-state index is 14.4. The number of carbonyl (C=O) groups is 3. The van der Waals surface area contributed by atoms with E-state index in [4.69, 9.17) is 9.47 Å². The van der Waals surface area contributed by atoms with Gasteiger partial charge >= 0.3 is 5.97 Å². The number of nitrogens with zero attached hydrogens (tertiary/aromatic N) is 2.